The number of carboxylic acid groups (broad SMARTS) is 1. The molecule has 0 saturated carbocycles. The van der Waals surface area contributed by atoms with Gasteiger partial charge in [0.05, 0.1) is 5.54 Å². The molecule has 1 unspecified atom stereocenters. The number of nitrogens with one attached hydrogen (secondary N) is 2. The molecule has 0 aromatic rings. The van der Waals surface area contributed by atoms with Crippen LogP contribution in [0.15, 0.2) is 0 Å². The highest BCUT2D eigenvalue weighted by Gasteiger charge is 2.30. The number of aliphatic hydroxyl groups is 1. The van der Waals surface area contributed by atoms with Crippen LogP contribution >= 0.6 is 0 Å². The molecule has 0 spiro atoms. The number of carbonyl (C=O) groups is 2. The highest BCUT2D eigenvalue weighted by atomic mass is 16.4. The minimum Gasteiger partial charge on any atom is -0.480 e. The Labute approximate surface area is 95.0 Å². The maximum absolute atomic E-state index is 11.7. The predicted molar refractivity (Wildman–Crippen MR) is 59.0 cm³/mol. The molecule has 0 radical (unpaired) electrons. The van der Waals surface area contributed by atoms with Gasteiger partial charge in [0.25, 0.3) is 0 Å². The van der Waals surface area contributed by atoms with Crippen molar-refractivity contribution in [1.29, 1.82) is 0 Å². The average Bonchev–Trinajstić information content (AvgIpc) is 2.16. The Morgan fingerprint density at radius 3 is 2.31 bits per heavy atom. The summed E-state index contributed by atoms with van der Waals surface area (Å²) in [7, 11) is 0. The number of amides is 1. The van der Waals surface area contributed by atoms with Crippen LogP contribution in [0.2, 0.25) is 0 Å². The van der Waals surface area contributed by atoms with E-state index in [4.69, 9.17) is 10.2 Å². The summed E-state index contributed by atoms with van der Waals surface area (Å²) < 4.78 is 0. The number of carboxylic acids is 1. The SMILES string of the molecule is CCNC(C)(C)C(=O)NC(CCO)C(=O)O. The first-order chi connectivity index (χ1) is 7.35. The molecular formula is C10H20N2O4. The van der Waals surface area contributed by atoms with Gasteiger partial charge in [-0.2, -0.15) is 0 Å². The maximum atomic E-state index is 11.7. The topological polar surface area (TPSA) is 98.7 Å². The highest BCUT2D eigenvalue weighted by Crippen LogP contribution is 2.03. The molecule has 0 aliphatic heterocycles. The molecule has 0 heterocycles. The zero-order chi connectivity index (χ0) is 12.8. The van der Waals surface area contributed by atoms with Crippen LogP contribution in [0.4, 0.5) is 0 Å². The van der Waals surface area contributed by atoms with E-state index in [1.807, 2.05) is 6.92 Å². The molecule has 1 amide bonds. The van der Waals surface area contributed by atoms with Crippen LogP contribution < -0.4 is 10.6 Å². The van der Waals surface area contributed by atoms with Crippen LogP contribution in [0.25, 0.3) is 0 Å². The largest absolute Gasteiger partial charge is 0.480 e. The number of rotatable bonds is 7. The Bertz CT molecular complexity index is 253. The van der Waals surface area contributed by atoms with Crippen molar-refractivity contribution in [1.82, 2.24) is 10.6 Å². The lowest BCUT2D eigenvalue weighted by atomic mass is 10.0. The van der Waals surface area contributed by atoms with Crippen LogP contribution in [0.1, 0.15) is 27.2 Å². The number of hydrogen-bond acceptors (Lipinski definition) is 4. The van der Waals surface area contributed by atoms with Crippen molar-refractivity contribution in [2.24, 2.45) is 0 Å². The lowest BCUT2D eigenvalue weighted by Gasteiger charge is -2.26. The molecule has 0 bridgehead atoms. The lowest BCUT2D eigenvalue weighted by molar-refractivity contribution is -0.143. The molecule has 0 aromatic carbocycles. The van der Waals surface area contributed by atoms with Crippen molar-refractivity contribution < 1.29 is 19.8 Å². The van der Waals surface area contributed by atoms with Gasteiger partial charge in [0.1, 0.15) is 6.04 Å². The molecule has 0 rings (SSSR count). The summed E-state index contributed by atoms with van der Waals surface area (Å²) in [4.78, 5) is 22.5. The molecule has 16 heavy (non-hydrogen) atoms. The maximum Gasteiger partial charge on any atom is 0.326 e. The van der Waals surface area contributed by atoms with E-state index in [2.05, 4.69) is 10.6 Å². The van der Waals surface area contributed by atoms with Crippen LogP contribution in [0.3, 0.4) is 0 Å². The Morgan fingerprint density at radius 1 is 1.38 bits per heavy atom. The zero-order valence-corrected chi connectivity index (χ0v) is 9.91. The number of likely N-dealkylation sites (N-methyl/N-ethyl adjacent to an activating group) is 1. The van der Waals surface area contributed by atoms with E-state index < -0.39 is 23.5 Å². The van der Waals surface area contributed by atoms with Gasteiger partial charge in [-0.25, -0.2) is 4.79 Å². The van der Waals surface area contributed by atoms with E-state index in [0.29, 0.717) is 6.54 Å². The van der Waals surface area contributed by atoms with Crippen molar-refractivity contribution in [3.05, 3.63) is 0 Å². The fourth-order valence-corrected chi connectivity index (χ4v) is 1.25. The average molecular weight is 232 g/mol. The first-order valence-corrected chi connectivity index (χ1v) is 5.24. The van der Waals surface area contributed by atoms with E-state index in [1.165, 1.54) is 0 Å². The van der Waals surface area contributed by atoms with E-state index in [0.717, 1.165) is 0 Å². The van der Waals surface area contributed by atoms with Crippen LogP contribution in [-0.4, -0.2) is 46.8 Å². The number of hydrogen-bond donors (Lipinski definition) is 4. The van der Waals surface area contributed by atoms with Crippen molar-refractivity contribution >= 4 is 11.9 Å². The molecule has 0 aliphatic rings. The summed E-state index contributed by atoms with van der Waals surface area (Å²) in [6.07, 6.45) is 0.00325. The molecule has 4 N–H and O–H groups in total. The van der Waals surface area contributed by atoms with Gasteiger partial charge in [-0.3, -0.25) is 4.79 Å². The first-order valence-electron chi connectivity index (χ1n) is 5.24. The predicted octanol–water partition coefficient (Wildman–Crippen LogP) is -0.674. The summed E-state index contributed by atoms with van der Waals surface area (Å²) in [6.45, 7) is 5.53. The molecule has 6 nitrogen and oxygen atoms in total. The fourth-order valence-electron chi connectivity index (χ4n) is 1.25. The Hall–Kier alpha value is -1.14. The van der Waals surface area contributed by atoms with E-state index in [-0.39, 0.29) is 13.0 Å². The van der Waals surface area contributed by atoms with Gasteiger partial charge >= 0.3 is 5.97 Å². The summed E-state index contributed by atoms with van der Waals surface area (Å²) in [6, 6.07) is -1.05. The zero-order valence-electron chi connectivity index (χ0n) is 9.91. The molecule has 0 aromatic heterocycles. The highest BCUT2D eigenvalue weighted by molar-refractivity contribution is 5.89. The second-order valence-electron chi connectivity index (χ2n) is 4.03. The minimum atomic E-state index is -1.14. The summed E-state index contributed by atoms with van der Waals surface area (Å²) in [5.41, 5.74) is -0.822. The van der Waals surface area contributed by atoms with Gasteiger partial charge < -0.3 is 20.8 Å². The molecule has 1 atom stereocenters. The summed E-state index contributed by atoms with van der Waals surface area (Å²) in [5, 5.41) is 22.8. The second-order valence-corrected chi connectivity index (χ2v) is 4.03. The Balaban J connectivity index is 4.44. The van der Waals surface area contributed by atoms with Gasteiger partial charge in [0.2, 0.25) is 5.91 Å². The molecular weight excluding hydrogens is 212 g/mol. The van der Waals surface area contributed by atoms with Crippen molar-refractivity contribution in [2.75, 3.05) is 13.2 Å². The van der Waals surface area contributed by atoms with Gasteiger partial charge in [-0.05, 0) is 20.4 Å². The van der Waals surface area contributed by atoms with E-state index in [1.54, 1.807) is 13.8 Å². The first kappa shape index (κ1) is 14.9. The van der Waals surface area contributed by atoms with Gasteiger partial charge in [0, 0.05) is 13.0 Å². The van der Waals surface area contributed by atoms with Crippen LogP contribution in [0, 0.1) is 0 Å². The fraction of sp³-hybridized carbons (Fsp3) is 0.800. The van der Waals surface area contributed by atoms with Gasteiger partial charge in [-0.1, -0.05) is 6.92 Å². The number of aliphatic hydroxyl groups excluding tert-OH is 1. The molecule has 0 aliphatic carbocycles. The molecule has 94 valence electrons. The Kier molecular flexibility index (Phi) is 5.98. The molecule has 6 heteroatoms. The van der Waals surface area contributed by atoms with Crippen molar-refractivity contribution in [2.45, 2.75) is 38.8 Å². The normalized spacial score (nSPS) is 13.2. The third-order valence-corrected chi connectivity index (χ3v) is 2.21. The van der Waals surface area contributed by atoms with Crippen molar-refractivity contribution in [3.63, 3.8) is 0 Å². The van der Waals surface area contributed by atoms with E-state index in [9.17, 15) is 9.59 Å². The number of carbonyl (C=O) groups excluding carboxylic acids is 1. The third kappa shape index (κ3) is 4.59. The number of aliphatic carboxylic acids is 1. The standard InChI is InChI=1S/C10H20N2O4/c1-4-11-10(2,3)9(16)12-7(5-6-13)8(14)15/h7,11,13H,4-6H2,1-3H3,(H,12,16)(H,14,15). The Morgan fingerprint density at radius 2 is 1.94 bits per heavy atom. The summed E-state index contributed by atoms with van der Waals surface area (Å²) >= 11 is 0. The molecule has 0 fully saturated rings. The van der Waals surface area contributed by atoms with Crippen LogP contribution in [0.5, 0.6) is 0 Å². The minimum absolute atomic E-state index is 0.00325. The smallest absolute Gasteiger partial charge is 0.326 e. The molecule has 0 saturated heterocycles. The quantitative estimate of drug-likeness (QED) is 0.466. The summed E-state index contributed by atoms with van der Waals surface area (Å²) in [5.74, 6) is -1.54. The van der Waals surface area contributed by atoms with Gasteiger partial charge in [0.15, 0.2) is 0 Å². The lowest BCUT2D eigenvalue weighted by Crippen LogP contribution is -2.56. The monoisotopic (exact) mass is 232 g/mol. The van der Waals surface area contributed by atoms with E-state index >= 15 is 0 Å². The third-order valence-electron chi connectivity index (χ3n) is 2.21. The van der Waals surface area contributed by atoms with Crippen molar-refractivity contribution in [3.8, 4) is 0 Å². The second kappa shape index (κ2) is 6.44. The van der Waals surface area contributed by atoms with Crippen LogP contribution in [-0.2, 0) is 9.59 Å². The van der Waals surface area contributed by atoms with Gasteiger partial charge in [-0.15, -0.1) is 0 Å².